The van der Waals surface area contributed by atoms with Gasteiger partial charge in [0.05, 0.1) is 11.2 Å². The van der Waals surface area contributed by atoms with Gasteiger partial charge in [0.1, 0.15) is 29.1 Å². The van der Waals surface area contributed by atoms with Crippen LogP contribution >= 0.6 is 0 Å². The summed E-state index contributed by atoms with van der Waals surface area (Å²) in [6.45, 7) is 0. The Balaban J connectivity index is 2.03. The highest BCUT2D eigenvalue weighted by Gasteiger charge is 2.08. The maximum absolute atomic E-state index is 8.77. The fourth-order valence-electron chi connectivity index (χ4n) is 2.12. The van der Waals surface area contributed by atoms with Gasteiger partial charge < -0.3 is 10.3 Å². The van der Waals surface area contributed by atoms with E-state index in [0.717, 1.165) is 28.1 Å². The first-order valence-electron chi connectivity index (χ1n) is 6.63. The van der Waals surface area contributed by atoms with Crippen LogP contribution in [0.4, 0.5) is 5.69 Å². The molecule has 1 heterocycles. The van der Waals surface area contributed by atoms with Gasteiger partial charge in [0.15, 0.2) is 0 Å². The Hall–Kier alpha value is -3.57. The lowest BCUT2D eigenvalue weighted by atomic mass is 10.2. The van der Waals surface area contributed by atoms with Gasteiger partial charge in [-0.3, -0.25) is 0 Å². The zero-order valence-electron chi connectivity index (χ0n) is 11.5. The number of nitrogens with one attached hydrogen (secondary N) is 2. The SMILES string of the molecule is N#CC(C#N)=CNc1cccc2[nH]c(-c3ccccc3)nc12. The number of H-pyrrole nitrogens is 1. The van der Waals surface area contributed by atoms with E-state index in [-0.39, 0.29) is 5.57 Å². The van der Waals surface area contributed by atoms with Crippen molar-refractivity contribution >= 4 is 16.7 Å². The minimum absolute atomic E-state index is 0.0100. The van der Waals surface area contributed by atoms with Gasteiger partial charge in [-0.2, -0.15) is 10.5 Å². The van der Waals surface area contributed by atoms with Crippen molar-refractivity contribution in [2.75, 3.05) is 5.32 Å². The summed E-state index contributed by atoms with van der Waals surface area (Å²) in [7, 11) is 0. The second-order valence-electron chi connectivity index (χ2n) is 4.58. The van der Waals surface area contributed by atoms with Crippen molar-refractivity contribution in [2.24, 2.45) is 0 Å². The number of fused-ring (bicyclic) bond motifs is 1. The van der Waals surface area contributed by atoms with Crippen molar-refractivity contribution < 1.29 is 0 Å². The lowest BCUT2D eigenvalue weighted by Gasteiger charge is -2.00. The van der Waals surface area contributed by atoms with E-state index in [9.17, 15) is 0 Å². The molecular weight excluding hydrogens is 274 g/mol. The van der Waals surface area contributed by atoms with Crippen LogP contribution in [0, 0.1) is 22.7 Å². The maximum Gasteiger partial charge on any atom is 0.145 e. The summed E-state index contributed by atoms with van der Waals surface area (Å²) in [5.74, 6) is 0.773. The van der Waals surface area contributed by atoms with E-state index in [1.54, 1.807) is 0 Å². The number of benzene rings is 2. The van der Waals surface area contributed by atoms with Gasteiger partial charge >= 0.3 is 0 Å². The fraction of sp³-hybridized carbons (Fsp3) is 0. The average molecular weight is 285 g/mol. The van der Waals surface area contributed by atoms with Crippen LogP contribution in [0.5, 0.6) is 0 Å². The Morgan fingerprint density at radius 2 is 1.82 bits per heavy atom. The molecule has 104 valence electrons. The van der Waals surface area contributed by atoms with Crippen molar-refractivity contribution in [3.8, 4) is 23.5 Å². The molecule has 0 aliphatic rings. The molecule has 5 heteroatoms. The minimum atomic E-state index is 0.0100. The number of hydrogen-bond donors (Lipinski definition) is 2. The number of anilines is 1. The lowest BCUT2D eigenvalue weighted by molar-refractivity contribution is 1.34. The predicted octanol–water partition coefficient (Wildman–Crippen LogP) is 3.57. The number of aromatic amines is 1. The average Bonchev–Trinajstić information content (AvgIpc) is 3.01. The van der Waals surface area contributed by atoms with Gasteiger partial charge in [-0.05, 0) is 12.1 Å². The van der Waals surface area contributed by atoms with Gasteiger partial charge in [-0.15, -0.1) is 0 Å². The molecule has 0 radical (unpaired) electrons. The van der Waals surface area contributed by atoms with Gasteiger partial charge in [-0.1, -0.05) is 36.4 Å². The first kappa shape index (κ1) is 13.4. The Bertz CT molecular complexity index is 907. The van der Waals surface area contributed by atoms with Crippen LogP contribution < -0.4 is 5.32 Å². The zero-order chi connectivity index (χ0) is 15.4. The molecule has 0 atom stereocenters. The van der Waals surface area contributed by atoms with Crippen molar-refractivity contribution in [3.63, 3.8) is 0 Å². The Kier molecular flexibility index (Phi) is 3.55. The maximum atomic E-state index is 8.77. The second kappa shape index (κ2) is 5.82. The number of para-hydroxylation sites is 1. The summed E-state index contributed by atoms with van der Waals surface area (Å²) >= 11 is 0. The Labute approximate surface area is 127 Å². The molecule has 3 rings (SSSR count). The normalized spacial score (nSPS) is 9.73. The van der Waals surface area contributed by atoms with E-state index >= 15 is 0 Å². The summed E-state index contributed by atoms with van der Waals surface area (Å²) < 4.78 is 0. The molecule has 3 aromatic rings. The molecule has 0 aliphatic carbocycles. The molecule has 0 fully saturated rings. The van der Waals surface area contributed by atoms with Crippen LogP contribution in [0.3, 0.4) is 0 Å². The highest BCUT2D eigenvalue weighted by molar-refractivity contribution is 5.90. The van der Waals surface area contributed by atoms with Gasteiger partial charge in [0.25, 0.3) is 0 Å². The van der Waals surface area contributed by atoms with E-state index in [2.05, 4.69) is 15.3 Å². The van der Waals surface area contributed by atoms with Crippen LogP contribution in [0.15, 0.2) is 60.3 Å². The summed E-state index contributed by atoms with van der Waals surface area (Å²) in [6, 6.07) is 19.1. The molecule has 0 spiro atoms. The van der Waals surface area contributed by atoms with E-state index in [0.29, 0.717) is 0 Å². The van der Waals surface area contributed by atoms with Crippen LogP contribution in [0.2, 0.25) is 0 Å². The van der Waals surface area contributed by atoms with Crippen LogP contribution in [0.25, 0.3) is 22.4 Å². The molecule has 2 aromatic carbocycles. The third-order valence-corrected chi connectivity index (χ3v) is 3.17. The standard InChI is InChI=1S/C17H11N5/c18-9-12(10-19)11-20-14-7-4-8-15-16(14)22-17(21-15)13-5-2-1-3-6-13/h1-8,11,20H,(H,21,22). The first-order valence-corrected chi connectivity index (χ1v) is 6.63. The molecule has 5 nitrogen and oxygen atoms in total. The quantitative estimate of drug-likeness (QED) is 0.720. The van der Waals surface area contributed by atoms with E-state index in [1.165, 1.54) is 6.20 Å². The van der Waals surface area contributed by atoms with E-state index in [4.69, 9.17) is 10.5 Å². The number of hydrogen-bond acceptors (Lipinski definition) is 4. The van der Waals surface area contributed by atoms with E-state index in [1.807, 2.05) is 60.7 Å². The van der Waals surface area contributed by atoms with Crippen LogP contribution in [-0.2, 0) is 0 Å². The summed E-state index contributed by atoms with van der Waals surface area (Å²) in [5, 5.41) is 20.5. The fourth-order valence-corrected chi connectivity index (χ4v) is 2.12. The molecule has 0 bridgehead atoms. The Morgan fingerprint density at radius 1 is 1.05 bits per heavy atom. The van der Waals surface area contributed by atoms with Gasteiger partial charge in [-0.25, -0.2) is 4.98 Å². The topological polar surface area (TPSA) is 88.3 Å². The van der Waals surface area contributed by atoms with Crippen LogP contribution in [0.1, 0.15) is 0 Å². The molecule has 22 heavy (non-hydrogen) atoms. The number of imidazole rings is 1. The summed E-state index contributed by atoms with van der Waals surface area (Å²) in [6.07, 6.45) is 1.38. The molecular formula is C17H11N5. The summed E-state index contributed by atoms with van der Waals surface area (Å²) in [5.41, 5.74) is 3.38. The molecule has 0 amide bonds. The van der Waals surface area contributed by atoms with Crippen molar-refractivity contribution in [1.82, 2.24) is 9.97 Å². The second-order valence-corrected chi connectivity index (χ2v) is 4.58. The highest BCUT2D eigenvalue weighted by atomic mass is 15.0. The molecule has 0 saturated heterocycles. The molecule has 0 aliphatic heterocycles. The first-order chi connectivity index (χ1) is 10.8. The molecule has 2 N–H and O–H groups in total. The van der Waals surface area contributed by atoms with Crippen molar-refractivity contribution in [1.29, 1.82) is 10.5 Å². The summed E-state index contributed by atoms with van der Waals surface area (Å²) in [4.78, 5) is 7.87. The minimum Gasteiger partial charge on any atom is -0.358 e. The smallest absolute Gasteiger partial charge is 0.145 e. The number of nitrogens with zero attached hydrogens (tertiary/aromatic N) is 3. The third-order valence-electron chi connectivity index (χ3n) is 3.17. The number of rotatable bonds is 3. The van der Waals surface area contributed by atoms with E-state index < -0.39 is 0 Å². The zero-order valence-corrected chi connectivity index (χ0v) is 11.5. The van der Waals surface area contributed by atoms with Gasteiger partial charge in [0.2, 0.25) is 0 Å². The molecule has 0 unspecified atom stereocenters. The largest absolute Gasteiger partial charge is 0.358 e. The number of aromatic nitrogens is 2. The van der Waals surface area contributed by atoms with Crippen LogP contribution in [-0.4, -0.2) is 9.97 Å². The van der Waals surface area contributed by atoms with Gasteiger partial charge in [0, 0.05) is 11.8 Å². The number of nitriles is 2. The predicted molar refractivity (Wildman–Crippen MR) is 84.5 cm³/mol. The third kappa shape index (κ3) is 2.52. The number of allylic oxidation sites excluding steroid dienone is 1. The van der Waals surface area contributed by atoms with Crippen molar-refractivity contribution in [2.45, 2.75) is 0 Å². The Morgan fingerprint density at radius 3 is 2.55 bits per heavy atom. The van der Waals surface area contributed by atoms with Crippen molar-refractivity contribution in [3.05, 3.63) is 60.3 Å². The molecule has 0 saturated carbocycles. The monoisotopic (exact) mass is 285 g/mol. The lowest BCUT2D eigenvalue weighted by Crippen LogP contribution is -1.90. The highest BCUT2D eigenvalue weighted by Crippen LogP contribution is 2.25. The molecule has 1 aromatic heterocycles.